The zero-order chi connectivity index (χ0) is 14.3. The number of benzene rings is 2. The maximum Gasteiger partial charge on any atom is 0.267 e. The van der Waals surface area contributed by atoms with Crippen molar-refractivity contribution in [2.75, 3.05) is 4.31 Å². The van der Waals surface area contributed by atoms with Gasteiger partial charge in [0, 0.05) is 5.56 Å². The first-order chi connectivity index (χ1) is 9.57. The molecule has 20 heavy (non-hydrogen) atoms. The summed E-state index contributed by atoms with van der Waals surface area (Å²) in [4.78, 5) is 4.48. The van der Waals surface area contributed by atoms with Gasteiger partial charge in [-0.2, -0.15) is 0 Å². The van der Waals surface area contributed by atoms with Gasteiger partial charge in [0.25, 0.3) is 10.0 Å². The van der Waals surface area contributed by atoms with Gasteiger partial charge in [0.2, 0.25) is 6.23 Å². The molecule has 0 radical (unpaired) electrons. The molecule has 0 fully saturated rings. The van der Waals surface area contributed by atoms with Crippen molar-refractivity contribution in [1.29, 1.82) is 0 Å². The minimum absolute atomic E-state index is 0.0963. The third-order valence-corrected chi connectivity index (χ3v) is 5.28. The largest absolute Gasteiger partial charge is 0.267 e. The lowest BCUT2D eigenvalue weighted by atomic mass is 10.2. The number of anilines is 1. The van der Waals surface area contributed by atoms with Crippen molar-refractivity contribution in [2.24, 2.45) is 0 Å². The lowest BCUT2D eigenvalue weighted by Gasteiger charge is -2.23. The Hall–Kier alpha value is -1.60. The minimum atomic E-state index is -3.82. The van der Waals surface area contributed by atoms with Crippen LogP contribution >= 0.6 is 11.6 Å². The Morgan fingerprint density at radius 2 is 1.75 bits per heavy atom. The number of sulfonamides is 1. The summed E-state index contributed by atoms with van der Waals surface area (Å²) in [5, 5.41) is 9.37. The van der Waals surface area contributed by atoms with Crippen LogP contribution in [0.25, 0.3) is 0 Å². The zero-order valence-corrected chi connectivity index (χ0v) is 11.7. The summed E-state index contributed by atoms with van der Waals surface area (Å²) in [6.07, 6.45) is -1.14. The molecule has 0 aromatic heterocycles. The molecule has 5 nitrogen and oxygen atoms in total. The van der Waals surface area contributed by atoms with Crippen LogP contribution in [0.4, 0.5) is 5.69 Å². The summed E-state index contributed by atoms with van der Waals surface area (Å²) in [5.74, 6) is 0. The molecule has 0 bridgehead atoms. The molecule has 0 saturated carbocycles. The highest BCUT2D eigenvalue weighted by molar-refractivity contribution is 7.93. The summed E-state index contributed by atoms with van der Waals surface area (Å²) in [6.45, 7) is 0. The number of para-hydroxylation sites is 1. The van der Waals surface area contributed by atoms with Crippen molar-refractivity contribution < 1.29 is 18.6 Å². The average molecular weight is 312 g/mol. The van der Waals surface area contributed by atoms with Crippen LogP contribution in [0.2, 0.25) is 5.02 Å². The topological polar surface area (TPSA) is 66.8 Å². The van der Waals surface area contributed by atoms with Gasteiger partial charge in [-0.3, -0.25) is 0 Å². The molecule has 7 heteroatoms. The third-order valence-electron chi connectivity index (χ3n) is 3.12. The number of nitrogens with zero attached hydrogens (tertiary/aromatic N) is 1. The number of hydrogen-bond donors (Lipinski definition) is 1. The van der Waals surface area contributed by atoms with Crippen LogP contribution in [0.5, 0.6) is 0 Å². The molecule has 3 rings (SSSR count). The Morgan fingerprint density at radius 1 is 1.10 bits per heavy atom. The van der Waals surface area contributed by atoms with Crippen molar-refractivity contribution in [1.82, 2.24) is 0 Å². The SMILES string of the molecule is O=S1(=O)c2ccccc2[C@@H](OO)N1c1ccccc1Cl. The minimum Gasteiger partial charge on any atom is -0.249 e. The molecule has 0 aliphatic carbocycles. The van der Waals surface area contributed by atoms with Crippen molar-refractivity contribution in [3.63, 3.8) is 0 Å². The zero-order valence-electron chi connectivity index (χ0n) is 10.1. The molecule has 1 aliphatic rings. The van der Waals surface area contributed by atoms with Gasteiger partial charge < -0.3 is 0 Å². The molecule has 1 heterocycles. The Balaban J connectivity index is 2.26. The van der Waals surface area contributed by atoms with E-state index in [0.29, 0.717) is 5.56 Å². The molecule has 2 aromatic carbocycles. The lowest BCUT2D eigenvalue weighted by molar-refractivity contribution is -0.277. The molecule has 0 unspecified atom stereocenters. The summed E-state index contributed by atoms with van der Waals surface area (Å²) < 4.78 is 26.1. The highest BCUT2D eigenvalue weighted by Crippen LogP contribution is 2.44. The van der Waals surface area contributed by atoms with E-state index in [1.54, 1.807) is 42.5 Å². The average Bonchev–Trinajstić information content (AvgIpc) is 2.68. The Labute approximate surface area is 121 Å². The quantitative estimate of drug-likeness (QED) is 0.684. The van der Waals surface area contributed by atoms with Gasteiger partial charge in [0.1, 0.15) is 0 Å². The molecule has 104 valence electrons. The summed E-state index contributed by atoms with van der Waals surface area (Å²) in [6, 6.07) is 12.8. The van der Waals surface area contributed by atoms with Gasteiger partial charge >= 0.3 is 0 Å². The molecular weight excluding hydrogens is 302 g/mol. The normalized spacial score (nSPS) is 19.9. The Morgan fingerprint density at radius 3 is 2.45 bits per heavy atom. The van der Waals surface area contributed by atoms with E-state index >= 15 is 0 Å². The van der Waals surface area contributed by atoms with E-state index in [1.165, 1.54) is 6.07 Å². The van der Waals surface area contributed by atoms with Crippen LogP contribution in [0, 0.1) is 0 Å². The van der Waals surface area contributed by atoms with Crippen LogP contribution in [0.15, 0.2) is 53.4 Å². The molecule has 1 aliphatic heterocycles. The maximum atomic E-state index is 12.6. The molecule has 0 saturated heterocycles. The molecular formula is C13H10ClNO4S. The molecule has 2 aromatic rings. The Bertz CT molecular complexity index is 762. The van der Waals surface area contributed by atoms with Crippen molar-refractivity contribution in [3.8, 4) is 0 Å². The summed E-state index contributed by atoms with van der Waals surface area (Å²) >= 11 is 6.05. The van der Waals surface area contributed by atoms with Crippen molar-refractivity contribution in [2.45, 2.75) is 11.1 Å². The van der Waals surface area contributed by atoms with E-state index < -0.39 is 16.3 Å². The van der Waals surface area contributed by atoms with Gasteiger partial charge in [-0.15, -0.1) is 0 Å². The van der Waals surface area contributed by atoms with Crippen LogP contribution in [0.1, 0.15) is 11.8 Å². The predicted octanol–water partition coefficient (Wildman–Crippen LogP) is 3.04. The molecule has 1 N–H and O–H groups in total. The van der Waals surface area contributed by atoms with Gasteiger partial charge in [0.15, 0.2) is 0 Å². The van der Waals surface area contributed by atoms with Gasteiger partial charge in [0.05, 0.1) is 15.6 Å². The smallest absolute Gasteiger partial charge is 0.249 e. The Kier molecular flexibility index (Phi) is 3.18. The molecule has 0 amide bonds. The first-order valence-corrected chi connectivity index (χ1v) is 7.57. The first-order valence-electron chi connectivity index (χ1n) is 5.75. The number of hydrogen-bond acceptors (Lipinski definition) is 4. The van der Waals surface area contributed by atoms with E-state index in [-0.39, 0.29) is 15.6 Å². The molecule has 0 spiro atoms. The van der Waals surface area contributed by atoms with Crippen LogP contribution in [-0.2, 0) is 14.9 Å². The second-order valence-electron chi connectivity index (χ2n) is 4.25. The van der Waals surface area contributed by atoms with E-state index in [4.69, 9.17) is 16.9 Å². The van der Waals surface area contributed by atoms with E-state index in [2.05, 4.69) is 4.89 Å². The lowest BCUT2D eigenvalue weighted by Crippen LogP contribution is -2.29. The van der Waals surface area contributed by atoms with Crippen molar-refractivity contribution >= 4 is 27.3 Å². The second-order valence-corrected chi connectivity index (χ2v) is 6.44. The molecule has 1 atom stereocenters. The van der Waals surface area contributed by atoms with E-state index in [9.17, 15) is 8.42 Å². The van der Waals surface area contributed by atoms with Crippen molar-refractivity contribution in [3.05, 3.63) is 59.1 Å². The van der Waals surface area contributed by atoms with Gasteiger partial charge in [-0.25, -0.2) is 22.9 Å². The fraction of sp³-hybridized carbons (Fsp3) is 0.0769. The monoisotopic (exact) mass is 311 g/mol. The second kappa shape index (κ2) is 4.75. The predicted molar refractivity (Wildman–Crippen MR) is 74.0 cm³/mol. The highest BCUT2D eigenvalue weighted by atomic mass is 35.5. The van der Waals surface area contributed by atoms with Crippen LogP contribution in [0.3, 0.4) is 0 Å². The van der Waals surface area contributed by atoms with Gasteiger partial charge in [-0.05, 0) is 18.2 Å². The fourth-order valence-corrected chi connectivity index (χ4v) is 4.29. The maximum absolute atomic E-state index is 12.6. The van der Waals surface area contributed by atoms with E-state index in [0.717, 1.165) is 4.31 Å². The standard InChI is InChI=1S/C13H10ClNO4S/c14-10-6-2-3-7-11(10)15-13(19-16)9-5-1-4-8-12(9)20(15,17)18/h1-8,13,16H/t13-/m1/s1. The summed E-state index contributed by atoms with van der Waals surface area (Å²) in [5.41, 5.74) is 0.624. The summed E-state index contributed by atoms with van der Waals surface area (Å²) in [7, 11) is -3.82. The van der Waals surface area contributed by atoms with Gasteiger partial charge in [-0.1, -0.05) is 41.9 Å². The van der Waals surface area contributed by atoms with E-state index in [1.807, 2.05) is 0 Å². The number of fused-ring (bicyclic) bond motifs is 1. The van der Waals surface area contributed by atoms with Crippen LogP contribution in [-0.4, -0.2) is 13.7 Å². The highest BCUT2D eigenvalue weighted by Gasteiger charge is 2.44. The number of halogens is 1. The number of rotatable bonds is 2. The fourth-order valence-electron chi connectivity index (χ4n) is 2.26. The third kappa shape index (κ3) is 1.81. The first kappa shape index (κ1) is 13.4. The van der Waals surface area contributed by atoms with Crippen LogP contribution < -0.4 is 4.31 Å².